The number of nitrogens with one attached hydrogen (secondary N) is 1. The van der Waals surface area contributed by atoms with Crippen LogP contribution in [0.2, 0.25) is 0 Å². The predicted molar refractivity (Wildman–Crippen MR) is 116 cm³/mol. The van der Waals surface area contributed by atoms with E-state index in [9.17, 15) is 4.79 Å². The van der Waals surface area contributed by atoms with Gasteiger partial charge in [-0.15, -0.1) is 0 Å². The molecule has 0 spiro atoms. The summed E-state index contributed by atoms with van der Waals surface area (Å²) >= 11 is 5.47. The van der Waals surface area contributed by atoms with Gasteiger partial charge in [0.25, 0.3) is 5.91 Å². The van der Waals surface area contributed by atoms with E-state index in [1.54, 1.807) is 0 Å². The molecule has 2 aromatic carbocycles. The van der Waals surface area contributed by atoms with E-state index in [1.165, 1.54) is 11.5 Å². The van der Waals surface area contributed by atoms with Crippen molar-refractivity contribution >= 4 is 50.3 Å². The average molecular weight is 445 g/mol. The van der Waals surface area contributed by atoms with Gasteiger partial charge in [0.15, 0.2) is 5.76 Å². The molecule has 0 bridgehead atoms. The third-order valence-corrected chi connectivity index (χ3v) is 6.30. The topological polar surface area (TPSA) is 45.5 Å². The number of fused-ring (bicyclic) bond motifs is 1. The van der Waals surface area contributed by atoms with E-state index in [2.05, 4.69) is 32.2 Å². The normalized spacial score (nSPS) is 15.2. The number of furan rings is 1. The second-order valence-corrected chi connectivity index (χ2v) is 8.84. The van der Waals surface area contributed by atoms with Crippen LogP contribution in [-0.2, 0) is 6.54 Å². The molecule has 0 saturated carbocycles. The Labute approximate surface area is 171 Å². The number of aryl methyl sites for hydroxylation is 1. The van der Waals surface area contributed by atoms with E-state index >= 15 is 0 Å². The Hall–Kier alpha value is -1.76. The van der Waals surface area contributed by atoms with Crippen LogP contribution in [0.5, 0.6) is 0 Å². The van der Waals surface area contributed by atoms with Gasteiger partial charge in [-0.05, 0) is 36.8 Å². The Morgan fingerprint density at radius 2 is 2.00 bits per heavy atom. The van der Waals surface area contributed by atoms with Crippen LogP contribution in [0.15, 0.2) is 51.4 Å². The molecule has 1 saturated heterocycles. The van der Waals surface area contributed by atoms with Crippen molar-refractivity contribution in [1.29, 1.82) is 0 Å². The molecule has 1 aromatic heterocycles. The first-order chi connectivity index (χ1) is 13.1. The van der Waals surface area contributed by atoms with E-state index in [-0.39, 0.29) is 5.91 Å². The van der Waals surface area contributed by atoms with Gasteiger partial charge in [-0.3, -0.25) is 9.69 Å². The van der Waals surface area contributed by atoms with Crippen LogP contribution in [0.4, 0.5) is 5.69 Å². The van der Waals surface area contributed by atoms with E-state index in [0.717, 1.165) is 51.9 Å². The summed E-state index contributed by atoms with van der Waals surface area (Å²) in [6, 6.07) is 13.8. The minimum atomic E-state index is -0.207. The second-order valence-electron chi connectivity index (χ2n) is 6.70. The maximum Gasteiger partial charge on any atom is 0.291 e. The van der Waals surface area contributed by atoms with Gasteiger partial charge in [-0.2, -0.15) is 11.8 Å². The second kappa shape index (κ2) is 8.09. The molecule has 1 N–H and O–H groups in total. The lowest BCUT2D eigenvalue weighted by Gasteiger charge is -2.27. The van der Waals surface area contributed by atoms with Crippen LogP contribution in [0.1, 0.15) is 21.7 Å². The van der Waals surface area contributed by atoms with Gasteiger partial charge in [-0.1, -0.05) is 34.1 Å². The van der Waals surface area contributed by atoms with Gasteiger partial charge in [0.2, 0.25) is 0 Å². The fourth-order valence-corrected chi connectivity index (χ4v) is 4.71. The largest absolute Gasteiger partial charge is 0.451 e. The monoisotopic (exact) mass is 444 g/mol. The summed E-state index contributed by atoms with van der Waals surface area (Å²) in [6.07, 6.45) is 0. The standard InChI is InChI=1S/C21H21BrN2O2S/c1-14-17-12-16(22)6-7-19(17)26-20(14)21(25)23-18-5-3-2-4-15(18)13-24-8-10-27-11-9-24/h2-7,12H,8-11,13H2,1H3,(H,23,25). The summed E-state index contributed by atoms with van der Waals surface area (Å²) in [4.78, 5) is 15.3. The summed E-state index contributed by atoms with van der Waals surface area (Å²) < 4.78 is 6.80. The molecule has 140 valence electrons. The molecule has 27 heavy (non-hydrogen) atoms. The lowest BCUT2D eigenvalue weighted by molar-refractivity contribution is 0.0997. The first-order valence-corrected chi connectivity index (χ1v) is 10.9. The Morgan fingerprint density at radius 3 is 2.81 bits per heavy atom. The number of anilines is 1. The van der Waals surface area contributed by atoms with Crippen molar-refractivity contribution in [3.8, 4) is 0 Å². The van der Waals surface area contributed by atoms with Gasteiger partial charge in [0.05, 0.1) is 0 Å². The van der Waals surface area contributed by atoms with Crippen LogP contribution in [-0.4, -0.2) is 35.4 Å². The summed E-state index contributed by atoms with van der Waals surface area (Å²) in [5, 5.41) is 4.01. The zero-order valence-electron chi connectivity index (χ0n) is 15.1. The van der Waals surface area contributed by atoms with Gasteiger partial charge >= 0.3 is 0 Å². The van der Waals surface area contributed by atoms with Crippen molar-refractivity contribution in [2.75, 3.05) is 29.9 Å². The Balaban J connectivity index is 1.57. The highest BCUT2D eigenvalue weighted by Crippen LogP contribution is 2.29. The van der Waals surface area contributed by atoms with Gasteiger partial charge in [0.1, 0.15) is 5.58 Å². The molecule has 1 aliphatic heterocycles. The predicted octanol–water partition coefficient (Wildman–Crippen LogP) is 5.30. The Kier molecular flexibility index (Phi) is 5.57. The quantitative estimate of drug-likeness (QED) is 0.592. The highest BCUT2D eigenvalue weighted by atomic mass is 79.9. The molecule has 1 aliphatic rings. The molecule has 1 amide bonds. The number of thioether (sulfide) groups is 1. The lowest BCUT2D eigenvalue weighted by Crippen LogP contribution is -2.32. The number of carbonyl (C=O) groups is 1. The highest BCUT2D eigenvalue weighted by molar-refractivity contribution is 9.10. The minimum Gasteiger partial charge on any atom is -0.451 e. The molecule has 6 heteroatoms. The summed E-state index contributed by atoms with van der Waals surface area (Å²) in [5.41, 5.74) is 3.56. The molecule has 4 rings (SSSR count). The van der Waals surface area contributed by atoms with Crippen molar-refractivity contribution in [1.82, 2.24) is 4.90 Å². The van der Waals surface area contributed by atoms with Crippen molar-refractivity contribution in [2.24, 2.45) is 0 Å². The third kappa shape index (κ3) is 4.08. The van der Waals surface area contributed by atoms with Gasteiger partial charge in [0, 0.05) is 52.2 Å². The molecule has 1 fully saturated rings. The maximum atomic E-state index is 12.9. The zero-order chi connectivity index (χ0) is 18.8. The van der Waals surface area contributed by atoms with Crippen LogP contribution in [0.25, 0.3) is 11.0 Å². The molecular weight excluding hydrogens is 424 g/mol. The summed E-state index contributed by atoms with van der Waals surface area (Å²) in [6.45, 7) is 4.95. The molecule has 4 nitrogen and oxygen atoms in total. The Morgan fingerprint density at radius 1 is 1.22 bits per heavy atom. The molecule has 0 aliphatic carbocycles. The number of para-hydroxylation sites is 1. The van der Waals surface area contributed by atoms with Crippen LogP contribution < -0.4 is 5.32 Å². The number of hydrogen-bond donors (Lipinski definition) is 1. The molecule has 3 aromatic rings. The van der Waals surface area contributed by atoms with Gasteiger partial charge < -0.3 is 9.73 Å². The molecule has 0 atom stereocenters. The number of rotatable bonds is 4. The SMILES string of the molecule is Cc1c(C(=O)Nc2ccccc2CN2CCSCC2)oc2ccc(Br)cc12. The molecule has 0 unspecified atom stereocenters. The highest BCUT2D eigenvalue weighted by Gasteiger charge is 2.19. The molecular formula is C21H21BrN2O2S. The summed E-state index contributed by atoms with van der Waals surface area (Å²) in [7, 11) is 0. The van der Waals surface area contributed by atoms with Crippen molar-refractivity contribution in [2.45, 2.75) is 13.5 Å². The maximum absolute atomic E-state index is 12.9. The van der Waals surface area contributed by atoms with E-state index in [0.29, 0.717) is 5.76 Å². The fraction of sp³-hybridized carbons (Fsp3) is 0.286. The van der Waals surface area contributed by atoms with E-state index in [1.807, 2.05) is 55.1 Å². The van der Waals surface area contributed by atoms with Gasteiger partial charge in [-0.25, -0.2) is 0 Å². The number of hydrogen-bond acceptors (Lipinski definition) is 4. The number of nitrogens with zero attached hydrogens (tertiary/aromatic N) is 1. The number of carbonyl (C=O) groups excluding carboxylic acids is 1. The van der Waals surface area contributed by atoms with Crippen molar-refractivity contribution in [3.05, 3.63) is 63.8 Å². The minimum absolute atomic E-state index is 0.207. The van der Waals surface area contributed by atoms with Crippen LogP contribution in [0, 0.1) is 6.92 Å². The lowest BCUT2D eigenvalue weighted by atomic mass is 10.1. The third-order valence-electron chi connectivity index (χ3n) is 4.87. The van der Waals surface area contributed by atoms with E-state index in [4.69, 9.17) is 4.42 Å². The first kappa shape index (κ1) is 18.6. The average Bonchev–Trinajstić information content (AvgIpc) is 3.00. The van der Waals surface area contributed by atoms with Crippen LogP contribution in [0.3, 0.4) is 0 Å². The van der Waals surface area contributed by atoms with E-state index < -0.39 is 0 Å². The first-order valence-electron chi connectivity index (χ1n) is 9.00. The Bertz CT molecular complexity index is 979. The molecule has 0 radical (unpaired) electrons. The summed E-state index contributed by atoms with van der Waals surface area (Å²) in [5.74, 6) is 2.50. The van der Waals surface area contributed by atoms with Crippen LogP contribution >= 0.6 is 27.7 Å². The van der Waals surface area contributed by atoms with Crippen molar-refractivity contribution < 1.29 is 9.21 Å². The zero-order valence-corrected chi connectivity index (χ0v) is 17.5. The van der Waals surface area contributed by atoms with Crippen molar-refractivity contribution in [3.63, 3.8) is 0 Å². The molecule has 2 heterocycles. The fourth-order valence-electron chi connectivity index (χ4n) is 3.37. The number of benzene rings is 2. The smallest absolute Gasteiger partial charge is 0.291 e. The number of amides is 1. The number of halogens is 1.